The zero-order valence-electron chi connectivity index (χ0n) is 6.13. The number of hydrogen-bond acceptors (Lipinski definition) is 3. The standard InChI is InChI=1S/C7H11N3O/c1-2-6-4(8)3-5(9)7(11)10-6/h2,5H,1,3,8-9H2,(H,10,11). The SMILES string of the molecule is C=CC1=C(N)CC(N)C(=O)N1. The van der Waals surface area contributed by atoms with Gasteiger partial charge < -0.3 is 16.8 Å². The van der Waals surface area contributed by atoms with Crippen molar-refractivity contribution in [3.8, 4) is 0 Å². The van der Waals surface area contributed by atoms with Crippen LogP contribution in [0.5, 0.6) is 0 Å². The number of nitrogens with two attached hydrogens (primary N) is 2. The van der Waals surface area contributed by atoms with E-state index in [-0.39, 0.29) is 5.91 Å². The summed E-state index contributed by atoms with van der Waals surface area (Å²) >= 11 is 0. The highest BCUT2D eigenvalue weighted by Gasteiger charge is 2.21. The first-order valence-electron chi connectivity index (χ1n) is 3.32. The predicted octanol–water partition coefficient (Wildman–Crippen LogP) is -0.810. The van der Waals surface area contributed by atoms with Crippen LogP contribution < -0.4 is 16.8 Å². The van der Waals surface area contributed by atoms with Gasteiger partial charge in [-0.1, -0.05) is 6.58 Å². The highest BCUT2D eigenvalue weighted by Crippen LogP contribution is 2.09. The van der Waals surface area contributed by atoms with Gasteiger partial charge in [0.1, 0.15) is 0 Å². The molecule has 0 bridgehead atoms. The molecule has 0 spiro atoms. The molecule has 0 radical (unpaired) electrons. The zero-order chi connectivity index (χ0) is 8.43. The van der Waals surface area contributed by atoms with Crippen LogP contribution in [0.3, 0.4) is 0 Å². The van der Waals surface area contributed by atoms with Crippen molar-refractivity contribution in [2.75, 3.05) is 0 Å². The highest BCUT2D eigenvalue weighted by molar-refractivity contribution is 5.85. The largest absolute Gasteiger partial charge is 0.400 e. The summed E-state index contributed by atoms with van der Waals surface area (Å²) in [6, 6.07) is -0.515. The molecule has 11 heavy (non-hydrogen) atoms. The van der Waals surface area contributed by atoms with Crippen molar-refractivity contribution in [1.29, 1.82) is 0 Å². The maximum absolute atomic E-state index is 10.9. The molecule has 0 fully saturated rings. The van der Waals surface area contributed by atoms with Crippen molar-refractivity contribution in [3.63, 3.8) is 0 Å². The Labute approximate surface area is 64.9 Å². The minimum absolute atomic E-state index is 0.200. The molecule has 4 nitrogen and oxygen atoms in total. The summed E-state index contributed by atoms with van der Waals surface area (Å²) in [7, 11) is 0. The normalized spacial score (nSPS) is 24.8. The summed E-state index contributed by atoms with van der Waals surface area (Å²) < 4.78 is 0. The van der Waals surface area contributed by atoms with Gasteiger partial charge in [-0.15, -0.1) is 0 Å². The van der Waals surface area contributed by atoms with Crippen molar-refractivity contribution < 1.29 is 4.79 Å². The summed E-state index contributed by atoms with van der Waals surface area (Å²) in [6.45, 7) is 3.50. The van der Waals surface area contributed by atoms with Gasteiger partial charge >= 0.3 is 0 Å². The Hall–Kier alpha value is -1.29. The molecule has 1 rings (SSSR count). The minimum Gasteiger partial charge on any atom is -0.400 e. The number of allylic oxidation sites excluding steroid dienone is 1. The summed E-state index contributed by atoms with van der Waals surface area (Å²) in [4.78, 5) is 10.9. The van der Waals surface area contributed by atoms with E-state index in [9.17, 15) is 4.79 Å². The van der Waals surface area contributed by atoms with Crippen LogP contribution in [-0.4, -0.2) is 11.9 Å². The lowest BCUT2D eigenvalue weighted by Gasteiger charge is -2.20. The van der Waals surface area contributed by atoms with E-state index in [0.717, 1.165) is 0 Å². The summed E-state index contributed by atoms with van der Waals surface area (Å²) in [5.41, 5.74) is 12.2. The predicted molar refractivity (Wildman–Crippen MR) is 42.1 cm³/mol. The van der Waals surface area contributed by atoms with Crippen LogP contribution in [0.2, 0.25) is 0 Å². The monoisotopic (exact) mass is 153 g/mol. The van der Waals surface area contributed by atoms with E-state index in [0.29, 0.717) is 17.8 Å². The molecule has 1 aliphatic rings. The number of rotatable bonds is 1. The van der Waals surface area contributed by atoms with Crippen LogP contribution in [-0.2, 0) is 4.79 Å². The van der Waals surface area contributed by atoms with Gasteiger partial charge in [0, 0.05) is 12.1 Å². The fraction of sp³-hybridized carbons (Fsp3) is 0.286. The molecule has 0 aromatic rings. The average Bonchev–Trinajstić information content (AvgIpc) is 1.97. The second-order valence-electron chi connectivity index (χ2n) is 2.44. The van der Waals surface area contributed by atoms with E-state index in [1.54, 1.807) is 0 Å². The second-order valence-corrected chi connectivity index (χ2v) is 2.44. The van der Waals surface area contributed by atoms with Crippen molar-refractivity contribution in [1.82, 2.24) is 5.32 Å². The van der Waals surface area contributed by atoms with Crippen molar-refractivity contribution >= 4 is 5.91 Å². The van der Waals surface area contributed by atoms with Crippen LogP contribution >= 0.6 is 0 Å². The van der Waals surface area contributed by atoms with Crippen molar-refractivity contribution in [2.24, 2.45) is 11.5 Å². The molecule has 1 aliphatic heterocycles. The lowest BCUT2D eigenvalue weighted by Crippen LogP contribution is -2.45. The molecule has 4 heteroatoms. The molecule has 0 saturated heterocycles. The highest BCUT2D eigenvalue weighted by atomic mass is 16.2. The molecular formula is C7H11N3O. The topological polar surface area (TPSA) is 81.1 Å². The smallest absolute Gasteiger partial charge is 0.241 e. The van der Waals surface area contributed by atoms with Crippen molar-refractivity contribution in [3.05, 3.63) is 24.0 Å². The zero-order valence-corrected chi connectivity index (χ0v) is 6.13. The Bertz CT molecular complexity index is 232. The average molecular weight is 153 g/mol. The van der Waals surface area contributed by atoms with Gasteiger partial charge in [0.25, 0.3) is 0 Å². The molecule has 0 aromatic heterocycles. The first-order valence-corrected chi connectivity index (χ1v) is 3.32. The fourth-order valence-electron chi connectivity index (χ4n) is 0.927. The van der Waals surface area contributed by atoms with E-state index in [1.807, 2.05) is 0 Å². The molecule has 1 unspecified atom stereocenters. The summed E-state index contributed by atoms with van der Waals surface area (Å²) in [6.07, 6.45) is 1.92. The second kappa shape index (κ2) is 2.75. The number of amides is 1. The third-order valence-electron chi connectivity index (χ3n) is 1.58. The van der Waals surface area contributed by atoms with E-state index in [2.05, 4.69) is 11.9 Å². The van der Waals surface area contributed by atoms with E-state index < -0.39 is 6.04 Å². The van der Waals surface area contributed by atoms with Crippen LogP contribution in [0.4, 0.5) is 0 Å². The molecule has 0 aromatic carbocycles. The molecule has 5 N–H and O–H groups in total. The van der Waals surface area contributed by atoms with Crippen LogP contribution in [0.25, 0.3) is 0 Å². The Morgan fingerprint density at radius 1 is 1.73 bits per heavy atom. The Balaban J connectivity index is 2.87. The van der Waals surface area contributed by atoms with E-state index in [1.165, 1.54) is 6.08 Å². The van der Waals surface area contributed by atoms with Gasteiger partial charge in [0.2, 0.25) is 5.91 Å². The van der Waals surface area contributed by atoms with Gasteiger partial charge in [-0.05, 0) is 6.08 Å². The van der Waals surface area contributed by atoms with Crippen LogP contribution in [0.1, 0.15) is 6.42 Å². The van der Waals surface area contributed by atoms with E-state index >= 15 is 0 Å². The lowest BCUT2D eigenvalue weighted by molar-refractivity contribution is -0.122. The third kappa shape index (κ3) is 1.40. The first-order chi connectivity index (χ1) is 5.15. The minimum atomic E-state index is -0.515. The molecule has 1 amide bonds. The first kappa shape index (κ1) is 7.81. The van der Waals surface area contributed by atoms with Crippen LogP contribution in [0.15, 0.2) is 24.0 Å². The molecule has 60 valence electrons. The molecule has 0 aliphatic carbocycles. The quantitative estimate of drug-likeness (QED) is 0.461. The number of carbonyl (C=O) groups excluding carboxylic acids is 1. The lowest BCUT2D eigenvalue weighted by atomic mass is 10.1. The molecule has 1 atom stereocenters. The summed E-state index contributed by atoms with van der Waals surface area (Å²) in [5.74, 6) is -0.200. The maximum Gasteiger partial charge on any atom is 0.241 e. The van der Waals surface area contributed by atoms with Gasteiger partial charge in [-0.3, -0.25) is 4.79 Å². The molecule has 0 saturated carbocycles. The Morgan fingerprint density at radius 3 is 2.91 bits per heavy atom. The number of nitrogens with one attached hydrogen (secondary N) is 1. The Morgan fingerprint density at radius 2 is 2.36 bits per heavy atom. The maximum atomic E-state index is 10.9. The van der Waals surface area contributed by atoms with Gasteiger partial charge in [0.05, 0.1) is 11.7 Å². The van der Waals surface area contributed by atoms with Crippen molar-refractivity contribution in [2.45, 2.75) is 12.5 Å². The fourth-order valence-corrected chi connectivity index (χ4v) is 0.927. The number of hydrogen-bond donors (Lipinski definition) is 3. The third-order valence-corrected chi connectivity index (χ3v) is 1.58. The van der Waals surface area contributed by atoms with Crippen LogP contribution in [0, 0.1) is 0 Å². The molecular weight excluding hydrogens is 142 g/mol. The van der Waals surface area contributed by atoms with E-state index in [4.69, 9.17) is 11.5 Å². The summed E-state index contributed by atoms with van der Waals surface area (Å²) in [5, 5.41) is 2.54. The molecule has 1 heterocycles. The van der Waals surface area contributed by atoms with Gasteiger partial charge in [0.15, 0.2) is 0 Å². The Kier molecular flexibility index (Phi) is 1.96. The van der Waals surface area contributed by atoms with Gasteiger partial charge in [-0.2, -0.15) is 0 Å². The van der Waals surface area contributed by atoms with Gasteiger partial charge in [-0.25, -0.2) is 0 Å². The number of carbonyl (C=O) groups is 1.